The van der Waals surface area contributed by atoms with Crippen molar-refractivity contribution in [2.45, 2.75) is 50.2 Å². The van der Waals surface area contributed by atoms with Gasteiger partial charge in [0.25, 0.3) is 0 Å². The van der Waals surface area contributed by atoms with Crippen LogP contribution in [-0.4, -0.2) is 62.5 Å². The molecule has 0 N–H and O–H groups in total. The van der Waals surface area contributed by atoms with Crippen LogP contribution in [0, 0.1) is 0 Å². The molecule has 0 bridgehead atoms. The lowest BCUT2D eigenvalue weighted by Gasteiger charge is -2.47. The number of amides is 1. The third kappa shape index (κ3) is 3.57. The lowest BCUT2D eigenvalue weighted by atomic mass is 9.91. The minimum atomic E-state index is -3.18. The number of piperazine rings is 1. The Morgan fingerprint density at radius 2 is 1.81 bits per heavy atom. The predicted molar refractivity (Wildman–Crippen MR) is 105 cm³/mol. The van der Waals surface area contributed by atoms with Crippen LogP contribution in [0.25, 0.3) is 0 Å². The van der Waals surface area contributed by atoms with E-state index in [9.17, 15) is 13.2 Å². The van der Waals surface area contributed by atoms with Gasteiger partial charge in [0.2, 0.25) is 5.91 Å². The molecule has 1 aliphatic carbocycles. The molecule has 3 aliphatic rings. The third-order valence-electron chi connectivity index (χ3n) is 6.09. The molecule has 0 unspecified atom stereocenters. The second kappa shape index (κ2) is 7.26. The second-order valence-corrected chi connectivity index (χ2v) is 10.3. The zero-order valence-corrected chi connectivity index (χ0v) is 17.0. The molecule has 1 amide bonds. The van der Waals surface area contributed by atoms with Gasteiger partial charge in [-0.05, 0) is 31.0 Å². The van der Waals surface area contributed by atoms with Gasteiger partial charge in [-0.1, -0.05) is 30.9 Å². The quantitative estimate of drug-likeness (QED) is 0.763. The molecule has 2 saturated heterocycles. The van der Waals surface area contributed by atoms with Crippen molar-refractivity contribution >= 4 is 33.0 Å². The van der Waals surface area contributed by atoms with Gasteiger partial charge < -0.3 is 9.64 Å². The summed E-state index contributed by atoms with van der Waals surface area (Å²) >= 11 is 6.25. The topological polar surface area (TPSA) is 66.9 Å². The van der Waals surface area contributed by atoms with Gasteiger partial charge >= 0.3 is 0 Å². The number of fused-ring (bicyclic) bond motifs is 1. The van der Waals surface area contributed by atoms with Crippen molar-refractivity contribution in [3.63, 3.8) is 0 Å². The van der Waals surface area contributed by atoms with E-state index >= 15 is 0 Å². The Morgan fingerprint density at radius 1 is 1.11 bits per heavy atom. The summed E-state index contributed by atoms with van der Waals surface area (Å²) in [6.07, 6.45) is 5.62. The molecule has 1 aromatic carbocycles. The van der Waals surface area contributed by atoms with Crippen LogP contribution in [-0.2, 0) is 14.6 Å². The lowest BCUT2D eigenvalue weighted by Crippen LogP contribution is -2.64. The normalized spacial score (nSPS) is 29.0. The van der Waals surface area contributed by atoms with E-state index in [0.717, 1.165) is 25.7 Å². The van der Waals surface area contributed by atoms with Crippen LogP contribution in [0.2, 0.25) is 5.02 Å². The fourth-order valence-electron chi connectivity index (χ4n) is 4.86. The Kier molecular flexibility index (Phi) is 5.12. The van der Waals surface area contributed by atoms with Gasteiger partial charge in [0, 0.05) is 17.8 Å². The second-order valence-electron chi connectivity index (χ2n) is 7.76. The molecule has 6 nitrogen and oxygen atoms in total. The highest BCUT2D eigenvalue weighted by molar-refractivity contribution is 7.91. The van der Waals surface area contributed by atoms with Crippen LogP contribution < -0.4 is 9.64 Å². The zero-order valence-electron chi connectivity index (χ0n) is 15.4. The highest BCUT2D eigenvalue weighted by atomic mass is 35.5. The Balaban J connectivity index is 1.68. The number of anilines is 1. The van der Waals surface area contributed by atoms with E-state index in [4.69, 9.17) is 16.3 Å². The number of carbonyl (C=O) groups excluding carboxylic acids is 1. The summed E-state index contributed by atoms with van der Waals surface area (Å²) in [7, 11) is -1.64. The fraction of sp³-hybridized carbons (Fsp3) is 0.632. The van der Waals surface area contributed by atoms with E-state index in [-0.39, 0.29) is 36.0 Å². The number of ether oxygens (including phenoxy) is 1. The predicted octanol–water partition coefficient (Wildman–Crippen LogP) is 2.50. The molecular formula is C19H25ClN2O4S. The Bertz CT molecular complexity index is 838. The van der Waals surface area contributed by atoms with Crippen LogP contribution >= 0.6 is 11.6 Å². The summed E-state index contributed by atoms with van der Waals surface area (Å²) < 4.78 is 30.1. The van der Waals surface area contributed by atoms with Gasteiger partial charge in [-0.25, -0.2) is 8.42 Å². The van der Waals surface area contributed by atoms with Gasteiger partial charge in [0.1, 0.15) is 5.75 Å². The van der Waals surface area contributed by atoms with Gasteiger partial charge in [-0.3, -0.25) is 9.69 Å². The van der Waals surface area contributed by atoms with Crippen molar-refractivity contribution in [1.82, 2.24) is 4.90 Å². The zero-order chi connectivity index (χ0) is 19.2. The van der Waals surface area contributed by atoms with Crippen molar-refractivity contribution in [1.29, 1.82) is 0 Å². The molecule has 148 valence electrons. The van der Waals surface area contributed by atoms with E-state index in [1.807, 2.05) is 0 Å². The summed E-state index contributed by atoms with van der Waals surface area (Å²) in [5.74, 6) is 0.613. The minimum absolute atomic E-state index is 0.0102. The number of sulfone groups is 1. The summed E-state index contributed by atoms with van der Waals surface area (Å²) in [6.45, 7) is 0.269. The number of hydrogen-bond acceptors (Lipinski definition) is 5. The number of benzene rings is 1. The molecule has 1 aromatic rings. The molecule has 4 rings (SSSR count). The molecule has 0 spiro atoms. The molecule has 8 heteroatoms. The van der Waals surface area contributed by atoms with Crippen LogP contribution in [0.5, 0.6) is 5.75 Å². The van der Waals surface area contributed by atoms with Gasteiger partial charge in [0.05, 0.1) is 36.2 Å². The van der Waals surface area contributed by atoms with E-state index in [1.165, 1.54) is 13.5 Å². The maximum Gasteiger partial charge on any atom is 0.241 e. The van der Waals surface area contributed by atoms with Gasteiger partial charge in [-0.15, -0.1) is 0 Å². The van der Waals surface area contributed by atoms with Crippen molar-refractivity contribution in [2.75, 3.05) is 30.1 Å². The van der Waals surface area contributed by atoms with Crippen LogP contribution in [0.3, 0.4) is 0 Å². The first-order chi connectivity index (χ1) is 12.9. The summed E-state index contributed by atoms with van der Waals surface area (Å²) in [5, 5.41) is 0.412. The molecule has 0 aromatic heterocycles. The monoisotopic (exact) mass is 412 g/mol. The highest BCUT2D eigenvalue weighted by Gasteiger charge is 2.51. The lowest BCUT2D eigenvalue weighted by molar-refractivity contribution is -0.124. The van der Waals surface area contributed by atoms with Crippen LogP contribution in [0.15, 0.2) is 18.2 Å². The van der Waals surface area contributed by atoms with Crippen molar-refractivity contribution in [3.05, 3.63) is 23.2 Å². The summed E-state index contributed by atoms with van der Waals surface area (Å²) in [4.78, 5) is 16.9. The summed E-state index contributed by atoms with van der Waals surface area (Å²) in [6, 6.07) is 5.00. The smallest absolute Gasteiger partial charge is 0.241 e. The van der Waals surface area contributed by atoms with E-state index < -0.39 is 9.84 Å². The number of nitrogens with zero attached hydrogens (tertiary/aromatic N) is 2. The molecule has 2 atom stereocenters. The molecule has 0 radical (unpaired) electrons. The summed E-state index contributed by atoms with van der Waals surface area (Å²) in [5.41, 5.74) is 0.640. The Morgan fingerprint density at radius 3 is 2.48 bits per heavy atom. The third-order valence-corrected chi connectivity index (χ3v) is 8.09. The molecule has 2 aliphatic heterocycles. The number of methoxy groups -OCH3 is 1. The molecule has 2 heterocycles. The van der Waals surface area contributed by atoms with E-state index in [0.29, 0.717) is 22.5 Å². The SMILES string of the molecule is COc1ccc(N2C(=O)CN(C3CCCCC3)[C@@H]3CS(=O)(=O)C[C@H]32)cc1Cl. The fourth-order valence-corrected chi connectivity index (χ4v) is 7.08. The molecule has 27 heavy (non-hydrogen) atoms. The molecular weight excluding hydrogens is 388 g/mol. The Hall–Kier alpha value is -1.31. The maximum atomic E-state index is 13.1. The first-order valence-electron chi connectivity index (χ1n) is 9.51. The van der Waals surface area contributed by atoms with E-state index in [2.05, 4.69) is 4.90 Å². The highest BCUT2D eigenvalue weighted by Crippen LogP contribution is 2.37. The number of halogens is 1. The van der Waals surface area contributed by atoms with E-state index in [1.54, 1.807) is 23.1 Å². The van der Waals surface area contributed by atoms with Crippen LogP contribution in [0.1, 0.15) is 32.1 Å². The Labute approximate surface area is 165 Å². The average Bonchev–Trinajstić information content (AvgIpc) is 2.96. The average molecular weight is 413 g/mol. The first-order valence-corrected chi connectivity index (χ1v) is 11.7. The maximum absolute atomic E-state index is 13.1. The number of carbonyl (C=O) groups is 1. The number of hydrogen-bond donors (Lipinski definition) is 0. The molecule has 3 fully saturated rings. The first kappa shape index (κ1) is 19.0. The molecule has 1 saturated carbocycles. The van der Waals surface area contributed by atoms with Crippen molar-refractivity contribution in [3.8, 4) is 5.75 Å². The van der Waals surface area contributed by atoms with Crippen molar-refractivity contribution in [2.24, 2.45) is 0 Å². The standard InChI is InChI=1S/C19H25ClN2O4S/c1-26-18-8-7-14(9-15(18)20)22-17-12-27(24,25)11-16(17)21(10-19(22)23)13-5-3-2-4-6-13/h7-9,13,16-17H,2-6,10-12H2,1H3/t16-,17-/m1/s1. The number of rotatable bonds is 3. The minimum Gasteiger partial charge on any atom is -0.495 e. The van der Waals surface area contributed by atoms with Crippen LogP contribution in [0.4, 0.5) is 5.69 Å². The van der Waals surface area contributed by atoms with Gasteiger partial charge in [-0.2, -0.15) is 0 Å². The van der Waals surface area contributed by atoms with Gasteiger partial charge in [0.15, 0.2) is 9.84 Å². The van der Waals surface area contributed by atoms with Crippen molar-refractivity contribution < 1.29 is 17.9 Å². The largest absolute Gasteiger partial charge is 0.495 e.